The summed E-state index contributed by atoms with van der Waals surface area (Å²) in [5.41, 5.74) is 0. The van der Waals surface area contributed by atoms with Crippen LogP contribution in [0.2, 0.25) is 0 Å². The van der Waals surface area contributed by atoms with Gasteiger partial charge in [0.1, 0.15) is 0 Å². The zero-order valence-corrected chi connectivity index (χ0v) is 12.5. The number of halogens is 1. The molecule has 0 spiro atoms. The second-order valence-electron chi connectivity index (χ2n) is 5.36. The van der Waals surface area contributed by atoms with Crippen LogP contribution in [-0.4, -0.2) is 58.3 Å². The molecular formula is C13H19BrN4O. The molecule has 0 amide bonds. The molecule has 3 heterocycles. The molecule has 2 fully saturated rings. The first kappa shape index (κ1) is 13.3. The first-order valence-corrected chi connectivity index (χ1v) is 7.66. The van der Waals surface area contributed by atoms with E-state index in [-0.39, 0.29) is 6.10 Å². The zero-order chi connectivity index (χ0) is 13.2. The van der Waals surface area contributed by atoms with Crippen LogP contribution in [0.4, 0.5) is 5.95 Å². The van der Waals surface area contributed by atoms with Gasteiger partial charge >= 0.3 is 0 Å². The third-order valence-corrected chi connectivity index (χ3v) is 4.47. The number of hydrogen-bond acceptors (Lipinski definition) is 5. The normalized spacial score (nSPS) is 26.0. The lowest BCUT2D eigenvalue weighted by Gasteiger charge is -2.36. The lowest BCUT2D eigenvalue weighted by atomic mass is 10.0. The quantitative estimate of drug-likeness (QED) is 0.887. The van der Waals surface area contributed by atoms with Gasteiger partial charge in [-0.1, -0.05) is 0 Å². The topological polar surface area (TPSA) is 52.5 Å². The summed E-state index contributed by atoms with van der Waals surface area (Å²) in [6.45, 7) is 3.89. The summed E-state index contributed by atoms with van der Waals surface area (Å²) in [5.74, 6) is 0.822. The van der Waals surface area contributed by atoms with Crippen molar-refractivity contribution in [3.8, 4) is 0 Å². The van der Waals surface area contributed by atoms with Crippen LogP contribution in [0, 0.1) is 0 Å². The first-order valence-electron chi connectivity index (χ1n) is 6.87. The van der Waals surface area contributed by atoms with E-state index in [9.17, 15) is 5.11 Å². The Labute approximate surface area is 121 Å². The van der Waals surface area contributed by atoms with E-state index < -0.39 is 0 Å². The Balaban J connectivity index is 1.56. The number of piperidine rings is 1. The van der Waals surface area contributed by atoms with Gasteiger partial charge in [-0.2, -0.15) is 0 Å². The summed E-state index contributed by atoms with van der Waals surface area (Å²) in [6.07, 6.45) is 6.66. The fraction of sp³-hybridized carbons (Fsp3) is 0.692. The van der Waals surface area contributed by atoms with E-state index in [2.05, 4.69) is 35.7 Å². The Morgan fingerprint density at radius 1 is 1.11 bits per heavy atom. The van der Waals surface area contributed by atoms with Gasteiger partial charge in [0.15, 0.2) is 0 Å². The highest BCUT2D eigenvalue weighted by Crippen LogP contribution is 2.23. The first-order chi connectivity index (χ1) is 9.22. The minimum atomic E-state index is -0.118. The number of aliphatic hydroxyl groups excluding tert-OH is 1. The summed E-state index contributed by atoms with van der Waals surface area (Å²) in [6, 6.07) is 0.615. The van der Waals surface area contributed by atoms with E-state index in [0.29, 0.717) is 6.04 Å². The van der Waals surface area contributed by atoms with Crippen LogP contribution < -0.4 is 4.90 Å². The lowest BCUT2D eigenvalue weighted by molar-refractivity contribution is 0.148. The maximum atomic E-state index is 9.61. The Hall–Kier alpha value is -0.720. The molecule has 2 saturated heterocycles. The molecule has 3 rings (SSSR count). The standard InChI is InChI=1S/C13H19BrN4O/c14-10-7-15-13(16-8-10)17-4-1-11(2-5-17)18-6-3-12(19)9-18/h7-8,11-12,19H,1-6,9H2. The Kier molecular flexibility index (Phi) is 4.00. The van der Waals surface area contributed by atoms with Crippen molar-refractivity contribution in [1.29, 1.82) is 0 Å². The van der Waals surface area contributed by atoms with Gasteiger partial charge in [0, 0.05) is 44.6 Å². The van der Waals surface area contributed by atoms with Crippen molar-refractivity contribution in [1.82, 2.24) is 14.9 Å². The molecule has 1 N–H and O–H groups in total. The second kappa shape index (κ2) is 5.73. The molecule has 104 valence electrons. The largest absolute Gasteiger partial charge is 0.392 e. The van der Waals surface area contributed by atoms with Crippen LogP contribution in [0.1, 0.15) is 19.3 Å². The average Bonchev–Trinajstić information content (AvgIpc) is 2.87. The zero-order valence-electron chi connectivity index (χ0n) is 10.9. The van der Waals surface area contributed by atoms with E-state index >= 15 is 0 Å². The number of aromatic nitrogens is 2. The molecule has 0 aliphatic carbocycles. The summed E-state index contributed by atoms with van der Waals surface area (Å²) in [7, 11) is 0. The van der Waals surface area contributed by atoms with Gasteiger partial charge in [-0.05, 0) is 35.2 Å². The highest BCUT2D eigenvalue weighted by atomic mass is 79.9. The number of rotatable bonds is 2. The summed E-state index contributed by atoms with van der Waals surface area (Å²) in [4.78, 5) is 13.4. The fourth-order valence-corrected chi connectivity index (χ4v) is 3.20. The van der Waals surface area contributed by atoms with Gasteiger partial charge in [0.05, 0.1) is 10.6 Å². The molecule has 0 aromatic carbocycles. The minimum Gasteiger partial charge on any atom is -0.392 e. The van der Waals surface area contributed by atoms with Gasteiger partial charge in [-0.3, -0.25) is 4.90 Å². The van der Waals surface area contributed by atoms with Crippen molar-refractivity contribution in [2.75, 3.05) is 31.1 Å². The molecule has 6 heteroatoms. The molecule has 2 aliphatic rings. The number of likely N-dealkylation sites (tertiary alicyclic amines) is 1. The number of aliphatic hydroxyl groups is 1. The summed E-state index contributed by atoms with van der Waals surface area (Å²) >= 11 is 3.36. The van der Waals surface area contributed by atoms with Crippen molar-refractivity contribution in [3.63, 3.8) is 0 Å². The predicted molar refractivity (Wildman–Crippen MR) is 77.2 cm³/mol. The molecule has 5 nitrogen and oxygen atoms in total. The highest BCUT2D eigenvalue weighted by Gasteiger charge is 2.30. The van der Waals surface area contributed by atoms with Gasteiger partial charge in [-0.15, -0.1) is 0 Å². The van der Waals surface area contributed by atoms with Gasteiger partial charge in [0.2, 0.25) is 5.95 Å². The number of hydrogen-bond donors (Lipinski definition) is 1. The molecule has 1 unspecified atom stereocenters. The molecule has 1 aromatic rings. The minimum absolute atomic E-state index is 0.118. The molecule has 0 radical (unpaired) electrons. The maximum Gasteiger partial charge on any atom is 0.225 e. The van der Waals surface area contributed by atoms with Crippen LogP contribution in [0.15, 0.2) is 16.9 Å². The van der Waals surface area contributed by atoms with Crippen LogP contribution in [0.5, 0.6) is 0 Å². The van der Waals surface area contributed by atoms with Crippen molar-refractivity contribution in [2.24, 2.45) is 0 Å². The molecule has 1 atom stereocenters. The summed E-state index contributed by atoms with van der Waals surface area (Å²) in [5, 5.41) is 9.61. The van der Waals surface area contributed by atoms with Crippen molar-refractivity contribution in [2.45, 2.75) is 31.4 Å². The van der Waals surface area contributed by atoms with E-state index in [4.69, 9.17) is 0 Å². The smallest absolute Gasteiger partial charge is 0.225 e. The Morgan fingerprint density at radius 2 is 1.79 bits per heavy atom. The lowest BCUT2D eigenvalue weighted by Crippen LogP contribution is -2.44. The fourth-order valence-electron chi connectivity index (χ4n) is 3.00. The molecular weight excluding hydrogens is 308 g/mol. The molecule has 0 bridgehead atoms. The van der Waals surface area contributed by atoms with Crippen molar-refractivity contribution in [3.05, 3.63) is 16.9 Å². The van der Waals surface area contributed by atoms with Crippen LogP contribution >= 0.6 is 15.9 Å². The third kappa shape index (κ3) is 3.07. The Morgan fingerprint density at radius 3 is 2.37 bits per heavy atom. The maximum absolute atomic E-state index is 9.61. The number of nitrogens with zero attached hydrogens (tertiary/aromatic N) is 4. The molecule has 2 aliphatic heterocycles. The van der Waals surface area contributed by atoms with Crippen molar-refractivity contribution >= 4 is 21.9 Å². The summed E-state index contributed by atoms with van der Waals surface area (Å²) < 4.78 is 0.914. The van der Waals surface area contributed by atoms with Gasteiger partial charge in [-0.25, -0.2) is 9.97 Å². The Bertz CT molecular complexity index is 419. The third-order valence-electron chi connectivity index (χ3n) is 4.07. The molecule has 19 heavy (non-hydrogen) atoms. The predicted octanol–water partition coefficient (Wildman–Crippen LogP) is 1.27. The molecule has 0 saturated carbocycles. The van der Waals surface area contributed by atoms with Crippen LogP contribution in [-0.2, 0) is 0 Å². The van der Waals surface area contributed by atoms with E-state index in [1.54, 1.807) is 12.4 Å². The number of anilines is 1. The van der Waals surface area contributed by atoms with Crippen LogP contribution in [0.25, 0.3) is 0 Å². The second-order valence-corrected chi connectivity index (χ2v) is 6.27. The number of β-amino-alcohol motifs (C(OH)–C–C–N with tert-alkyl or cyclic N) is 1. The SMILES string of the molecule is OC1CCN(C2CCN(c3ncc(Br)cn3)CC2)C1. The van der Waals surface area contributed by atoms with Gasteiger partial charge < -0.3 is 10.0 Å². The van der Waals surface area contributed by atoms with E-state index in [1.807, 2.05) is 0 Å². The highest BCUT2D eigenvalue weighted by molar-refractivity contribution is 9.10. The van der Waals surface area contributed by atoms with Crippen molar-refractivity contribution < 1.29 is 5.11 Å². The van der Waals surface area contributed by atoms with Crippen LogP contribution in [0.3, 0.4) is 0 Å². The van der Waals surface area contributed by atoms with E-state index in [1.165, 1.54) is 0 Å². The monoisotopic (exact) mass is 326 g/mol. The molecule has 1 aromatic heterocycles. The van der Waals surface area contributed by atoms with Gasteiger partial charge in [0.25, 0.3) is 0 Å². The average molecular weight is 327 g/mol. The van der Waals surface area contributed by atoms with E-state index in [0.717, 1.165) is 55.9 Å².